The molecule has 0 aliphatic heterocycles. The molecule has 6 nitrogen and oxygen atoms in total. The number of hydrogen-bond acceptors (Lipinski definition) is 6. The standard InChI is InChI=1S/C20H22Cl2N2O4/c1-2-27-18(25)11-14(12-23)28-19(26)10-13-6-3-4-9-17(13)24-20-15(21)7-5-8-16(20)22/h3-9,14,24H,2,10-12,23H2,1H3. The van der Waals surface area contributed by atoms with Gasteiger partial charge in [-0.05, 0) is 30.7 Å². The first-order valence-electron chi connectivity index (χ1n) is 8.78. The third-order valence-electron chi connectivity index (χ3n) is 3.84. The molecule has 0 bridgehead atoms. The van der Waals surface area contributed by atoms with Crippen molar-refractivity contribution in [2.45, 2.75) is 25.9 Å². The number of anilines is 2. The van der Waals surface area contributed by atoms with Crippen molar-refractivity contribution in [2.75, 3.05) is 18.5 Å². The predicted octanol–water partition coefficient (Wildman–Crippen LogP) is 4.10. The highest BCUT2D eigenvalue weighted by atomic mass is 35.5. The van der Waals surface area contributed by atoms with E-state index in [2.05, 4.69) is 5.32 Å². The zero-order chi connectivity index (χ0) is 20.5. The average molecular weight is 425 g/mol. The number of nitrogens with one attached hydrogen (secondary N) is 1. The molecule has 0 amide bonds. The van der Waals surface area contributed by atoms with Crippen molar-refractivity contribution in [3.63, 3.8) is 0 Å². The molecule has 28 heavy (non-hydrogen) atoms. The van der Waals surface area contributed by atoms with Gasteiger partial charge in [0.1, 0.15) is 6.10 Å². The van der Waals surface area contributed by atoms with Gasteiger partial charge in [-0.3, -0.25) is 9.59 Å². The van der Waals surface area contributed by atoms with Crippen LogP contribution in [0.25, 0.3) is 0 Å². The second kappa shape index (κ2) is 10.9. The molecule has 1 atom stereocenters. The van der Waals surface area contributed by atoms with E-state index >= 15 is 0 Å². The van der Waals surface area contributed by atoms with Crippen LogP contribution in [0.2, 0.25) is 10.0 Å². The van der Waals surface area contributed by atoms with Crippen molar-refractivity contribution in [1.29, 1.82) is 0 Å². The maximum atomic E-state index is 12.3. The van der Waals surface area contributed by atoms with E-state index in [1.807, 2.05) is 6.07 Å². The Bertz CT molecular complexity index is 809. The van der Waals surface area contributed by atoms with Gasteiger partial charge in [0, 0.05) is 12.2 Å². The molecule has 0 aromatic heterocycles. The molecule has 0 fully saturated rings. The first-order chi connectivity index (χ1) is 13.4. The number of hydrogen-bond donors (Lipinski definition) is 2. The molecule has 0 saturated carbocycles. The lowest BCUT2D eigenvalue weighted by Gasteiger charge is -2.17. The van der Waals surface area contributed by atoms with Crippen LogP contribution in [0.1, 0.15) is 18.9 Å². The first kappa shape index (κ1) is 22.0. The van der Waals surface area contributed by atoms with E-state index in [1.165, 1.54) is 0 Å². The van der Waals surface area contributed by atoms with Crippen LogP contribution >= 0.6 is 23.2 Å². The molecule has 8 heteroatoms. The Balaban J connectivity index is 2.08. The van der Waals surface area contributed by atoms with Crippen molar-refractivity contribution in [3.05, 3.63) is 58.1 Å². The predicted molar refractivity (Wildman–Crippen MR) is 110 cm³/mol. The average Bonchev–Trinajstić information content (AvgIpc) is 2.65. The molecule has 1 unspecified atom stereocenters. The second-order valence-electron chi connectivity index (χ2n) is 5.91. The van der Waals surface area contributed by atoms with Crippen LogP contribution in [-0.4, -0.2) is 31.2 Å². The molecule has 0 aliphatic rings. The fraction of sp³-hybridized carbons (Fsp3) is 0.300. The Morgan fingerprint density at radius 3 is 2.39 bits per heavy atom. The summed E-state index contributed by atoms with van der Waals surface area (Å²) in [6.45, 7) is 1.99. The molecule has 0 aliphatic carbocycles. The maximum Gasteiger partial charge on any atom is 0.310 e. The van der Waals surface area contributed by atoms with Crippen LogP contribution < -0.4 is 11.1 Å². The summed E-state index contributed by atoms with van der Waals surface area (Å²) in [6, 6.07) is 12.4. The molecule has 2 aromatic carbocycles. The van der Waals surface area contributed by atoms with E-state index in [4.69, 9.17) is 38.4 Å². The summed E-state index contributed by atoms with van der Waals surface area (Å²) in [4.78, 5) is 23.9. The maximum absolute atomic E-state index is 12.3. The Morgan fingerprint density at radius 2 is 1.75 bits per heavy atom. The largest absolute Gasteiger partial charge is 0.466 e. The van der Waals surface area contributed by atoms with Crippen molar-refractivity contribution >= 4 is 46.5 Å². The molecule has 2 aromatic rings. The van der Waals surface area contributed by atoms with Gasteiger partial charge in [-0.15, -0.1) is 0 Å². The molecule has 3 N–H and O–H groups in total. The number of nitrogens with two attached hydrogens (primary N) is 1. The van der Waals surface area contributed by atoms with Crippen LogP contribution in [0.3, 0.4) is 0 Å². The van der Waals surface area contributed by atoms with Crippen LogP contribution in [0.15, 0.2) is 42.5 Å². The van der Waals surface area contributed by atoms with Gasteiger partial charge in [0.15, 0.2) is 0 Å². The normalized spacial score (nSPS) is 11.6. The smallest absolute Gasteiger partial charge is 0.310 e. The van der Waals surface area contributed by atoms with Gasteiger partial charge < -0.3 is 20.5 Å². The minimum Gasteiger partial charge on any atom is -0.466 e. The fourth-order valence-electron chi connectivity index (χ4n) is 2.51. The zero-order valence-electron chi connectivity index (χ0n) is 15.4. The van der Waals surface area contributed by atoms with E-state index in [9.17, 15) is 9.59 Å². The topological polar surface area (TPSA) is 90.7 Å². The van der Waals surface area contributed by atoms with Gasteiger partial charge >= 0.3 is 11.9 Å². The van der Waals surface area contributed by atoms with Crippen LogP contribution in [0.4, 0.5) is 11.4 Å². The Hall–Kier alpha value is -2.28. The summed E-state index contributed by atoms with van der Waals surface area (Å²) < 4.78 is 10.2. The molecule has 2 rings (SSSR count). The van der Waals surface area contributed by atoms with Gasteiger partial charge in [-0.1, -0.05) is 47.5 Å². The highest BCUT2D eigenvalue weighted by molar-refractivity contribution is 6.39. The number of carbonyl (C=O) groups excluding carboxylic acids is 2. The van der Waals surface area contributed by atoms with Crippen molar-refractivity contribution in [3.8, 4) is 0 Å². The quantitative estimate of drug-likeness (QED) is 0.588. The summed E-state index contributed by atoms with van der Waals surface area (Å²) in [5, 5.41) is 4.08. The number of rotatable bonds is 9. The van der Waals surface area contributed by atoms with Gasteiger partial charge in [0.25, 0.3) is 0 Å². The third kappa shape index (κ3) is 6.41. The molecular weight excluding hydrogens is 403 g/mol. The van der Waals surface area contributed by atoms with Crippen molar-refractivity contribution < 1.29 is 19.1 Å². The number of halogens is 2. The minimum atomic E-state index is -0.732. The van der Waals surface area contributed by atoms with Crippen LogP contribution in [0, 0.1) is 0 Å². The van der Waals surface area contributed by atoms with E-state index in [0.717, 1.165) is 0 Å². The summed E-state index contributed by atoms with van der Waals surface area (Å²) >= 11 is 12.4. The lowest BCUT2D eigenvalue weighted by molar-refractivity contribution is -0.153. The van der Waals surface area contributed by atoms with E-state index in [1.54, 1.807) is 43.3 Å². The SMILES string of the molecule is CCOC(=O)CC(CN)OC(=O)Cc1ccccc1Nc1c(Cl)cccc1Cl. The summed E-state index contributed by atoms with van der Waals surface area (Å²) in [7, 11) is 0. The molecule has 0 heterocycles. The van der Waals surface area contributed by atoms with E-state index in [-0.39, 0.29) is 26.0 Å². The molecule has 0 saturated heterocycles. The molecule has 0 radical (unpaired) electrons. The number of ether oxygens (including phenoxy) is 2. The number of para-hydroxylation sites is 2. The summed E-state index contributed by atoms with van der Waals surface area (Å²) in [5.74, 6) is -0.958. The monoisotopic (exact) mass is 424 g/mol. The number of benzene rings is 2. The van der Waals surface area contributed by atoms with Gasteiger partial charge in [-0.2, -0.15) is 0 Å². The van der Waals surface area contributed by atoms with Crippen molar-refractivity contribution in [2.24, 2.45) is 5.73 Å². The van der Waals surface area contributed by atoms with E-state index in [0.29, 0.717) is 27.0 Å². The van der Waals surface area contributed by atoms with E-state index < -0.39 is 18.0 Å². The Morgan fingerprint density at radius 1 is 1.07 bits per heavy atom. The number of esters is 2. The highest BCUT2D eigenvalue weighted by Gasteiger charge is 2.19. The zero-order valence-corrected chi connectivity index (χ0v) is 16.9. The Labute approximate surface area is 173 Å². The summed E-state index contributed by atoms with van der Waals surface area (Å²) in [6.07, 6.45) is -0.819. The second-order valence-corrected chi connectivity index (χ2v) is 6.73. The molecule has 0 spiro atoms. The fourth-order valence-corrected chi connectivity index (χ4v) is 3.00. The van der Waals surface area contributed by atoms with Crippen LogP contribution in [-0.2, 0) is 25.5 Å². The Kier molecular flexibility index (Phi) is 8.57. The third-order valence-corrected chi connectivity index (χ3v) is 4.47. The number of carbonyl (C=O) groups is 2. The highest BCUT2D eigenvalue weighted by Crippen LogP contribution is 2.33. The van der Waals surface area contributed by atoms with Gasteiger partial charge in [0.2, 0.25) is 0 Å². The first-order valence-corrected chi connectivity index (χ1v) is 9.54. The van der Waals surface area contributed by atoms with Crippen LogP contribution in [0.5, 0.6) is 0 Å². The summed E-state index contributed by atoms with van der Waals surface area (Å²) in [5.41, 5.74) is 7.51. The van der Waals surface area contributed by atoms with Crippen molar-refractivity contribution in [1.82, 2.24) is 0 Å². The lowest BCUT2D eigenvalue weighted by atomic mass is 10.1. The molecule has 150 valence electrons. The minimum absolute atomic E-state index is 0.00935. The van der Waals surface area contributed by atoms with Gasteiger partial charge in [0.05, 0.1) is 35.2 Å². The molecular formula is C20H22Cl2N2O4. The van der Waals surface area contributed by atoms with Gasteiger partial charge in [-0.25, -0.2) is 0 Å². The lowest BCUT2D eigenvalue weighted by Crippen LogP contribution is -2.30.